The molecule has 0 radical (unpaired) electrons. The lowest BCUT2D eigenvalue weighted by molar-refractivity contribution is -0.115. The molecule has 2 amide bonds. The van der Waals surface area contributed by atoms with E-state index in [2.05, 4.69) is 26.6 Å². The number of carbonyl (C=O) groups excluding carboxylic acids is 2. The van der Waals surface area contributed by atoms with Gasteiger partial charge in [-0.1, -0.05) is 34.8 Å². The first-order valence-electron chi connectivity index (χ1n) is 9.80. The van der Waals surface area contributed by atoms with E-state index in [1.807, 2.05) is 0 Å². The highest BCUT2D eigenvalue weighted by atomic mass is 79.9. The second kappa shape index (κ2) is 10.2. The summed E-state index contributed by atoms with van der Waals surface area (Å²) >= 11 is 3.30. The normalized spacial score (nSPS) is 15.2. The number of anilines is 1. The van der Waals surface area contributed by atoms with E-state index in [9.17, 15) is 18.0 Å². The molecule has 0 saturated carbocycles. The Hall–Kier alpha value is -2.23. The van der Waals surface area contributed by atoms with Crippen LogP contribution in [-0.4, -0.2) is 44.2 Å². The van der Waals surface area contributed by atoms with E-state index in [0.29, 0.717) is 24.3 Å². The maximum Gasteiger partial charge on any atom is 0.251 e. The van der Waals surface area contributed by atoms with Crippen LogP contribution >= 0.6 is 15.9 Å². The predicted octanol–water partition coefficient (Wildman–Crippen LogP) is 3.38. The van der Waals surface area contributed by atoms with Gasteiger partial charge in [0.25, 0.3) is 5.91 Å². The molecule has 2 N–H and O–H groups in total. The van der Waals surface area contributed by atoms with Crippen molar-refractivity contribution in [3.8, 4) is 0 Å². The first-order valence-corrected chi connectivity index (χ1v) is 12.0. The molecule has 9 heteroatoms. The van der Waals surface area contributed by atoms with Gasteiger partial charge in [0, 0.05) is 28.8 Å². The number of halogens is 1. The highest BCUT2D eigenvalue weighted by Gasteiger charge is 2.25. The molecule has 0 aromatic heterocycles. The lowest BCUT2D eigenvalue weighted by Crippen LogP contribution is -2.33. The van der Waals surface area contributed by atoms with Gasteiger partial charge in [0.2, 0.25) is 15.9 Å². The summed E-state index contributed by atoms with van der Waals surface area (Å²) in [7, 11) is -3.53. The van der Waals surface area contributed by atoms with E-state index in [1.54, 1.807) is 36.4 Å². The second-order valence-electron chi connectivity index (χ2n) is 7.08. The second-order valence-corrected chi connectivity index (χ2v) is 9.94. The Labute approximate surface area is 185 Å². The number of amides is 2. The van der Waals surface area contributed by atoms with Gasteiger partial charge in [0.1, 0.15) is 0 Å². The van der Waals surface area contributed by atoms with Crippen LogP contribution in [0.15, 0.2) is 57.9 Å². The fourth-order valence-electron chi connectivity index (χ4n) is 3.24. The minimum Gasteiger partial charge on any atom is -0.343 e. The molecular formula is C21H24BrN3O4S. The zero-order chi connectivity index (χ0) is 21.6. The molecule has 0 unspecified atom stereocenters. The number of hydrogen-bond acceptors (Lipinski definition) is 4. The van der Waals surface area contributed by atoms with Gasteiger partial charge in [-0.05, 0) is 55.3 Å². The molecule has 7 nitrogen and oxygen atoms in total. The topological polar surface area (TPSA) is 95.6 Å². The summed E-state index contributed by atoms with van der Waals surface area (Å²) in [5, 5.41) is 5.21. The van der Waals surface area contributed by atoms with E-state index in [1.165, 1.54) is 16.4 Å². The van der Waals surface area contributed by atoms with Gasteiger partial charge in [-0.3, -0.25) is 9.59 Å². The molecule has 2 aromatic rings. The minimum absolute atomic E-state index is 0.195. The molecular weight excluding hydrogens is 470 g/mol. The number of nitrogens with one attached hydrogen (secondary N) is 2. The molecule has 0 bridgehead atoms. The van der Waals surface area contributed by atoms with Gasteiger partial charge < -0.3 is 10.6 Å². The van der Waals surface area contributed by atoms with Crippen LogP contribution in [0.25, 0.3) is 0 Å². The van der Waals surface area contributed by atoms with Crippen molar-refractivity contribution in [3.63, 3.8) is 0 Å². The van der Waals surface area contributed by atoms with E-state index >= 15 is 0 Å². The third-order valence-corrected chi connectivity index (χ3v) is 7.24. The smallest absolute Gasteiger partial charge is 0.251 e. The highest BCUT2D eigenvalue weighted by molar-refractivity contribution is 9.10. The van der Waals surface area contributed by atoms with Crippen LogP contribution < -0.4 is 10.6 Å². The molecule has 1 aliphatic heterocycles. The van der Waals surface area contributed by atoms with Gasteiger partial charge in [-0.2, -0.15) is 4.31 Å². The fourth-order valence-corrected chi connectivity index (χ4v) is 5.16. The maximum atomic E-state index is 12.8. The fraction of sp³-hybridized carbons (Fsp3) is 0.333. The average Bonchev–Trinajstić information content (AvgIpc) is 3.02. The van der Waals surface area contributed by atoms with Crippen LogP contribution in [0.4, 0.5) is 5.69 Å². The Balaban J connectivity index is 1.56. The number of hydrogen-bond donors (Lipinski definition) is 2. The molecule has 3 rings (SSSR count). The van der Waals surface area contributed by atoms with Crippen LogP contribution in [0.2, 0.25) is 0 Å². The van der Waals surface area contributed by atoms with Crippen molar-refractivity contribution >= 4 is 43.5 Å². The van der Waals surface area contributed by atoms with E-state index in [-0.39, 0.29) is 17.3 Å². The predicted molar refractivity (Wildman–Crippen MR) is 119 cm³/mol. The summed E-state index contributed by atoms with van der Waals surface area (Å²) in [6.45, 7) is 0.885. The SMILES string of the molecule is O=C(CNC(=O)c1cccc(Br)c1)Nc1ccc(S(=O)(=O)N2CCCCCC2)cc1. The number of benzene rings is 2. The summed E-state index contributed by atoms with van der Waals surface area (Å²) in [6, 6.07) is 13.0. The quantitative estimate of drug-likeness (QED) is 0.644. The zero-order valence-corrected chi connectivity index (χ0v) is 18.8. The van der Waals surface area contributed by atoms with E-state index in [0.717, 1.165) is 30.2 Å². The van der Waals surface area contributed by atoms with Crippen LogP contribution in [0, 0.1) is 0 Å². The molecule has 1 heterocycles. The summed E-state index contributed by atoms with van der Waals surface area (Å²) in [5.74, 6) is -0.758. The Morgan fingerprint density at radius 3 is 2.27 bits per heavy atom. The van der Waals surface area contributed by atoms with Gasteiger partial charge in [-0.25, -0.2) is 8.42 Å². The summed E-state index contributed by atoms with van der Waals surface area (Å²) in [6.07, 6.45) is 3.85. The average molecular weight is 494 g/mol. The Kier molecular flexibility index (Phi) is 7.63. The van der Waals surface area contributed by atoms with Crippen LogP contribution in [-0.2, 0) is 14.8 Å². The van der Waals surface area contributed by atoms with Crippen molar-refractivity contribution in [2.45, 2.75) is 30.6 Å². The Morgan fingerprint density at radius 2 is 1.63 bits per heavy atom. The molecule has 2 aromatic carbocycles. The highest BCUT2D eigenvalue weighted by Crippen LogP contribution is 2.21. The van der Waals surface area contributed by atoms with Gasteiger partial charge in [0.05, 0.1) is 11.4 Å². The van der Waals surface area contributed by atoms with E-state index < -0.39 is 15.9 Å². The number of rotatable bonds is 6. The molecule has 0 spiro atoms. The number of sulfonamides is 1. The van der Waals surface area contributed by atoms with E-state index in [4.69, 9.17) is 0 Å². The Bertz CT molecular complexity index is 1000. The summed E-state index contributed by atoms with van der Waals surface area (Å²) in [4.78, 5) is 24.4. The third-order valence-electron chi connectivity index (χ3n) is 4.84. The van der Waals surface area contributed by atoms with Crippen LogP contribution in [0.5, 0.6) is 0 Å². The molecule has 1 saturated heterocycles. The zero-order valence-electron chi connectivity index (χ0n) is 16.4. The monoisotopic (exact) mass is 493 g/mol. The molecule has 0 atom stereocenters. The largest absolute Gasteiger partial charge is 0.343 e. The van der Waals surface area contributed by atoms with Crippen LogP contribution in [0.1, 0.15) is 36.0 Å². The first kappa shape index (κ1) is 22.5. The van der Waals surface area contributed by atoms with Crippen molar-refractivity contribution in [2.24, 2.45) is 0 Å². The number of nitrogens with zero attached hydrogens (tertiary/aromatic N) is 1. The number of carbonyl (C=O) groups is 2. The lowest BCUT2D eigenvalue weighted by atomic mass is 10.2. The van der Waals surface area contributed by atoms with Crippen LogP contribution in [0.3, 0.4) is 0 Å². The summed E-state index contributed by atoms with van der Waals surface area (Å²) < 4.78 is 27.9. The van der Waals surface area contributed by atoms with Crippen molar-refractivity contribution < 1.29 is 18.0 Å². The first-order chi connectivity index (χ1) is 14.4. The maximum absolute atomic E-state index is 12.8. The van der Waals surface area contributed by atoms with Gasteiger partial charge >= 0.3 is 0 Å². The molecule has 160 valence electrons. The molecule has 30 heavy (non-hydrogen) atoms. The molecule has 0 aliphatic carbocycles. The minimum atomic E-state index is -3.53. The third kappa shape index (κ3) is 5.90. The lowest BCUT2D eigenvalue weighted by Gasteiger charge is -2.20. The van der Waals surface area contributed by atoms with Crippen molar-refractivity contribution in [1.82, 2.24) is 9.62 Å². The van der Waals surface area contributed by atoms with Crippen molar-refractivity contribution in [2.75, 3.05) is 25.0 Å². The Morgan fingerprint density at radius 1 is 0.967 bits per heavy atom. The van der Waals surface area contributed by atoms with Gasteiger partial charge in [-0.15, -0.1) is 0 Å². The molecule has 1 aliphatic rings. The molecule has 1 fully saturated rings. The van der Waals surface area contributed by atoms with Crippen molar-refractivity contribution in [3.05, 3.63) is 58.6 Å². The summed E-state index contributed by atoms with van der Waals surface area (Å²) in [5.41, 5.74) is 0.909. The standard InChI is InChI=1S/C21H24BrN3O4S/c22-17-7-5-6-16(14-17)21(27)23-15-20(26)24-18-8-10-19(11-9-18)30(28,29)25-12-3-1-2-4-13-25/h5-11,14H,1-4,12-13,15H2,(H,23,27)(H,24,26). The van der Waals surface area contributed by atoms with Gasteiger partial charge in [0.15, 0.2) is 0 Å². The van der Waals surface area contributed by atoms with Crippen molar-refractivity contribution in [1.29, 1.82) is 0 Å².